The number of rotatable bonds is 8. The monoisotopic (exact) mass is 254 g/mol. The van der Waals surface area contributed by atoms with Gasteiger partial charge in [0.1, 0.15) is 17.2 Å². The third-order valence-electron chi connectivity index (χ3n) is 2.67. The smallest absolute Gasteiger partial charge is 0.129 e. The molecule has 0 fully saturated rings. The van der Waals surface area contributed by atoms with E-state index in [4.69, 9.17) is 14.2 Å². The Bertz CT molecular complexity index is 344. The Kier molecular flexibility index (Phi) is 6.32. The molecule has 0 aromatic heterocycles. The first-order chi connectivity index (χ1) is 8.76. The average molecular weight is 254 g/mol. The zero-order valence-electron chi connectivity index (χ0n) is 11.5. The van der Waals surface area contributed by atoms with Crippen molar-refractivity contribution in [2.24, 2.45) is 0 Å². The number of hydrogen-bond donors (Lipinski definition) is 2. The summed E-state index contributed by atoms with van der Waals surface area (Å²) in [6, 6.07) is 3.74. The SMILES string of the molecule is CNCNCCc1c(OC)cc(OC)cc1OC. The zero-order valence-corrected chi connectivity index (χ0v) is 11.5. The minimum Gasteiger partial charge on any atom is -0.496 e. The van der Waals surface area contributed by atoms with Crippen molar-refractivity contribution in [3.63, 3.8) is 0 Å². The van der Waals surface area contributed by atoms with Gasteiger partial charge in [0, 0.05) is 30.9 Å². The molecule has 18 heavy (non-hydrogen) atoms. The van der Waals surface area contributed by atoms with Crippen LogP contribution in [-0.2, 0) is 6.42 Å². The van der Waals surface area contributed by atoms with E-state index in [0.717, 1.165) is 42.4 Å². The molecule has 1 aromatic carbocycles. The first kappa shape index (κ1) is 14.6. The van der Waals surface area contributed by atoms with Gasteiger partial charge in [0.05, 0.1) is 21.3 Å². The Morgan fingerprint density at radius 2 is 1.61 bits per heavy atom. The molecule has 5 nitrogen and oxygen atoms in total. The maximum Gasteiger partial charge on any atom is 0.129 e. The van der Waals surface area contributed by atoms with E-state index in [2.05, 4.69) is 10.6 Å². The molecule has 0 amide bonds. The van der Waals surface area contributed by atoms with E-state index < -0.39 is 0 Å². The van der Waals surface area contributed by atoms with Gasteiger partial charge >= 0.3 is 0 Å². The van der Waals surface area contributed by atoms with Crippen LogP contribution in [0.15, 0.2) is 12.1 Å². The normalized spacial score (nSPS) is 10.2. The van der Waals surface area contributed by atoms with Crippen LogP contribution in [0.25, 0.3) is 0 Å². The van der Waals surface area contributed by atoms with Crippen LogP contribution < -0.4 is 24.8 Å². The van der Waals surface area contributed by atoms with Crippen LogP contribution in [0.2, 0.25) is 0 Å². The molecule has 5 heteroatoms. The predicted octanol–water partition coefficient (Wildman–Crippen LogP) is 1.02. The highest BCUT2D eigenvalue weighted by Crippen LogP contribution is 2.34. The number of benzene rings is 1. The molecule has 0 bridgehead atoms. The van der Waals surface area contributed by atoms with Crippen LogP contribution in [0.1, 0.15) is 5.56 Å². The molecule has 0 atom stereocenters. The van der Waals surface area contributed by atoms with Crippen LogP contribution in [0.3, 0.4) is 0 Å². The van der Waals surface area contributed by atoms with E-state index in [1.807, 2.05) is 19.2 Å². The summed E-state index contributed by atoms with van der Waals surface area (Å²) in [5, 5.41) is 6.30. The van der Waals surface area contributed by atoms with Gasteiger partial charge in [-0.25, -0.2) is 0 Å². The summed E-state index contributed by atoms with van der Waals surface area (Å²) in [6.45, 7) is 1.63. The summed E-state index contributed by atoms with van der Waals surface area (Å²) in [4.78, 5) is 0. The third-order valence-corrected chi connectivity index (χ3v) is 2.67. The standard InChI is InChI=1S/C13H22N2O3/c1-14-9-15-6-5-11-12(17-3)7-10(16-2)8-13(11)18-4/h7-8,14-15H,5-6,9H2,1-4H3. The lowest BCUT2D eigenvalue weighted by Crippen LogP contribution is -2.27. The zero-order chi connectivity index (χ0) is 13.4. The molecule has 0 aliphatic heterocycles. The molecule has 0 heterocycles. The summed E-state index contributed by atoms with van der Waals surface area (Å²) in [6.07, 6.45) is 0.831. The van der Waals surface area contributed by atoms with Crippen LogP contribution in [0, 0.1) is 0 Å². The highest BCUT2D eigenvalue weighted by molar-refractivity contribution is 5.50. The quantitative estimate of drug-likeness (QED) is 0.536. The fourth-order valence-electron chi connectivity index (χ4n) is 1.75. The van der Waals surface area contributed by atoms with Crippen molar-refractivity contribution >= 4 is 0 Å². The molecule has 0 radical (unpaired) electrons. The van der Waals surface area contributed by atoms with Gasteiger partial charge in [-0.2, -0.15) is 0 Å². The van der Waals surface area contributed by atoms with Gasteiger partial charge in [-0.05, 0) is 13.5 Å². The molecule has 0 saturated heterocycles. The van der Waals surface area contributed by atoms with E-state index in [1.54, 1.807) is 21.3 Å². The van der Waals surface area contributed by atoms with E-state index in [0.29, 0.717) is 0 Å². The number of ether oxygens (including phenoxy) is 3. The summed E-state index contributed by atoms with van der Waals surface area (Å²) in [5.41, 5.74) is 1.05. The lowest BCUT2D eigenvalue weighted by atomic mass is 10.1. The van der Waals surface area contributed by atoms with Gasteiger partial charge in [-0.1, -0.05) is 0 Å². The molecule has 0 aliphatic rings. The van der Waals surface area contributed by atoms with E-state index in [1.165, 1.54) is 0 Å². The van der Waals surface area contributed by atoms with Gasteiger partial charge in [0.15, 0.2) is 0 Å². The third kappa shape index (κ3) is 3.78. The predicted molar refractivity (Wildman–Crippen MR) is 71.7 cm³/mol. The van der Waals surface area contributed by atoms with Crippen molar-refractivity contribution < 1.29 is 14.2 Å². The maximum absolute atomic E-state index is 5.38. The van der Waals surface area contributed by atoms with Gasteiger partial charge in [0.2, 0.25) is 0 Å². The lowest BCUT2D eigenvalue weighted by molar-refractivity contribution is 0.368. The summed E-state index contributed by atoms with van der Waals surface area (Å²) in [5.74, 6) is 2.31. The Hall–Kier alpha value is -1.46. The second-order valence-corrected chi connectivity index (χ2v) is 3.79. The number of hydrogen-bond acceptors (Lipinski definition) is 5. The minimum absolute atomic E-state index is 0.732. The van der Waals surface area contributed by atoms with Gasteiger partial charge < -0.3 is 24.8 Å². The Morgan fingerprint density at radius 3 is 2.06 bits per heavy atom. The molecule has 102 valence electrons. The van der Waals surface area contributed by atoms with Crippen molar-refractivity contribution in [2.75, 3.05) is 41.6 Å². The molecule has 2 N–H and O–H groups in total. The molecule has 1 aromatic rings. The Morgan fingerprint density at radius 1 is 1.00 bits per heavy atom. The highest BCUT2D eigenvalue weighted by atomic mass is 16.5. The summed E-state index contributed by atoms with van der Waals surface area (Å²) < 4.78 is 16.0. The molecular formula is C13H22N2O3. The van der Waals surface area contributed by atoms with Crippen molar-refractivity contribution in [1.29, 1.82) is 0 Å². The fourth-order valence-corrected chi connectivity index (χ4v) is 1.75. The number of nitrogens with one attached hydrogen (secondary N) is 2. The van der Waals surface area contributed by atoms with Crippen LogP contribution in [0.4, 0.5) is 0 Å². The Balaban J connectivity index is 2.85. The van der Waals surface area contributed by atoms with E-state index in [9.17, 15) is 0 Å². The lowest BCUT2D eigenvalue weighted by Gasteiger charge is -2.15. The first-order valence-electron chi connectivity index (χ1n) is 5.91. The molecular weight excluding hydrogens is 232 g/mol. The molecule has 0 unspecified atom stereocenters. The van der Waals surface area contributed by atoms with Gasteiger partial charge in [-0.15, -0.1) is 0 Å². The second kappa shape index (κ2) is 7.79. The Labute approximate surface area is 108 Å². The van der Waals surface area contributed by atoms with E-state index >= 15 is 0 Å². The summed E-state index contributed by atoms with van der Waals surface area (Å²) >= 11 is 0. The van der Waals surface area contributed by atoms with Crippen molar-refractivity contribution in [1.82, 2.24) is 10.6 Å². The molecule has 1 rings (SSSR count). The molecule has 0 spiro atoms. The van der Waals surface area contributed by atoms with E-state index in [-0.39, 0.29) is 0 Å². The topological polar surface area (TPSA) is 51.8 Å². The molecule has 0 saturated carbocycles. The maximum atomic E-state index is 5.38. The fraction of sp³-hybridized carbons (Fsp3) is 0.538. The van der Waals surface area contributed by atoms with Gasteiger partial charge in [0.25, 0.3) is 0 Å². The number of methoxy groups -OCH3 is 3. The highest BCUT2D eigenvalue weighted by Gasteiger charge is 2.12. The van der Waals surface area contributed by atoms with Crippen LogP contribution >= 0.6 is 0 Å². The summed E-state index contributed by atoms with van der Waals surface area (Å²) in [7, 11) is 6.83. The van der Waals surface area contributed by atoms with Crippen molar-refractivity contribution in [2.45, 2.75) is 6.42 Å². The largest absolute Gasteiger partial charge is 0.496 e. The molecule has 0 aliphatic carbocycles. The van der Waals surface area contributed by atoms with Crippen molar-refractivity contribution in [3.05, 3.63) is 17.7 Å². The van der Waals surface area contributed by atoms with Crippen LogP contribution in [-0.4, -0.2) is 41.6 Å². The second-order valence-electron chi connectivity index (χ2n) is 3.79. The van der Waals surface area contributed by atoms with Gasteiger partial charge in [-0.3, -0.25) is 0 Å². The average Bonchev–Trinajstić information content (AvgIpc) is 2.42. The first-order valence-corrected chi connectivity index (χ1v) is 5.91. The van der Waals surface area contributed by atoms with Crippen LogP contribution in [0.5, 0.6) is 17.2 Å². The van der Waals surface area contributed by atoms with Crippen molar-refractivity contribution in [3.8, 4) is 17.2 Å². The minimum atomic E-state index is 0.732.